The number of primary amides is 1. The number of carbonyl (C=O) groups excluding carboxylic acids is 1. The molecule has 1 amide bonds. The van der Waals surface area contributed by atoms with E-state index in [4.69, 9.17) is 5.73 Å². The summed E-state index contributed by atoms with van der Waals surface area (Å²) in [6, 6.07) is 7.27. The molecule has 0 aliphatic heterocycles. The SMILES string of the molecule is NC(=O)c1ccc[c]([Sb])c1. The molecule has 0 unspecified atom stereocenters. The number of amides is 1. The van der Waals surface area contributed by atoms with Crippen LogP contribution in [0.1, 0.15) is 10.4 Å². The molecule has 0 heterocycles. The Bertz CT molecular complexity index is 260. The van der Waals surface area contributed by atoms with Crippen LogP contribution < -0.4 is 9.24 Å². The van der Waals surface area contributed by atoms with Crippen LogP contribution in [0, 0.1) is 0 Å². The van der Waals surface area contributed by atoms with E-state index in [1.54, 1.807) is 35.2 Å². The molecular weight excluding hydrogens is 236 g/mol. The minimum atomic E-state index is -0.364. The van der Waals surface area contributed by atoms with E-state index in [1.807, 2.05) is 12.1 Å². The molecule has 0 aromatic heterocycles. The zero-order chi connectivity index (χ0) is 7.56. The number of benzene rings is 1. The predicted octanol–water partition coefficient (Wildman–Crippen LogP) is -0.421. The molecule has 10 heavy (non-hydrogen) atoms. The van der Waals surface area contributed by atoms with Gasteiger partial charge in [0.25, 0.3) is 0 Å². The fourth-order valence-corrected chi connectivity index (χ4v) is 1.30. The van der Waals surface area contributed by atoms with Crippen LogP contribution in [0.15, 0.2) is 24.3 Å². The van der Waals surface area contributed by atoms with Crippen LogP contribution in [0.25, 0.3) is 0 Å². The first kappa shape index (κ1) is 7.61. The second kappa shape index (κ2) is 3.07. The van der Waals surface area contributed by atoms with Gasteiger partial charge in [-0.05, 0) is 0 Å². The molecule has 3 heteroatoms. The molecule has 1 aromatic rings. The Morgan fingerprint density at radius 2 is 2.20 bits per heavy atom. The van der Waals surface area contributed by atoms with E-state index < -0.39 is 0 Å². The Balaban J connectivity index is 3.07. The molecule has 0 saturated carbocycles. The van der Waals surface area contributed by atoms with Crippen LogP contribution in [-0.4, -0.2) is 28.9 Å². The second-order valence-corrected chi connectivity index (χ2v) is 3.39. The molecule has 2 N–H and O–H groups in total. The van der Waals surface area contributed by atoms with Crippen LogP contribution in [0.3, 0.4) is 0 Å². The van der Waals surface area contributed by atoms with Gasteiger partial charge in [0, 0.05) is 0 Å². The summed E-state index contributed by atoms with van der Waals surface area (Å²) in [6.07, 6.45) is 0. The fourth-order valence-electron chi connectivity index (χ4n) is 0.659. The standard InChI is InChI=1S/C7H6NO.Sb/c8-7(9)6-4-2-1-3-5-6;/h1-2,4-5H,(H2,8,9);. The summed E-state index contributed by atoms with van der Waals surface area (Å²) in [5.41, 5.74) is 5.63. The maximum atomic E-state index is 10.6. The van der Waals surface area contributed by atoms with Gasteiger partial charge in [0.1, 0.15) is 0 Å². The number of carbonyl (C=O) groups is 1. The number of hydrogen-bond donors (Lipinski definition) is 1. The monoisotopic (exact) mass is 241 g/mol. The molecular formula is C7H6NOSb. The van der Waals surface area contributed by atoms with Crippen molar-refractivity contribution in [2.75, 3.05) is 0 Å². The summed E-state index contributed by atoms with van der Waals surface area (Å²) in [4.78, 5) is 10.6. The van der Waals surface area contributed by atoms with Crippen LogP contribution in [0.4, 0.5) is 0 Å². The van der Waals surface area contributed by atoms with Crippen molar-refractivity contribution in [2.45, 2.75) is 0 Å². The third-order valence-electron chi connectivity index (χ3n) is 1.13. The summed E-state index contributed by atoms with van der Waals surface area (Å²) < 4.78 is 1.10. The normalized spacial score (nSPS) is 9.30. The van der Waals surface area contributed by atoms with Gasteiger partial charge in [0.15, 0.2) is 0 Å². The van der Waals surface area contributed by atoms with Crippen molar-refractivity contribution in [2.24, 2.45) is 5.73 Å². The van der Waals surface area contributed by atoms with E-state index in [2.05, 4.69) is 0 Å². The van der Waals surface area contributed by atoms with Crippen LogP contribution in [-0.2, 0) is 0 Å². The van der Waals surface area contributed by atoms with Crippen molar-refractivity contribution < 1.29 is 4.79 Å². The third-order valence-corrected chi connectivity index (χ3v) is 1.92. The molecule has 0 aliphatic rings. The maximum absolute atomic E-state index is 10.6. The van der Waals surface area contributed by atoms with E-state index in [9.17, 15) is 4.79 Å². The van der Waals surface area contributed by atoms with Crippen molar-refractivity contribution >= 4 is 32.4 Å². The molecule has 0 spiro atoms. The van der Waals surface area contributed by atoms with Crippen molar-refractivity contribution in [1.82, 2.24) is 0 Å². The molecule has 1 aromatic carbocycles. The predicted molar refractivity (Wildman–Crippen MR) is 40.3 cm³/mol. The Morgan fingerprint density at radius 3 is 2.60 bits per heavy atom. The molecule has 0 saturated heterocycles. The average Bonchev–Trinajstić information content (AvgIpc) is 1.88. The van der Waals surface area contributed by atoms with Crippen LogP contribution >= 0.6 is 0 Å². The van der Waals surface area contributed by atoms with Crippen LogP contribution in [0.5, 0.6) is 0 Å². The summed E-state index contributed by atoms with van der Waals surface area (Å²) in [5.74, 6) is -0.364. The van der Waals surface area contributed by atoms with Gasteiger partial charge < -0.3 is 0 Å². The molecule has 0 fully saturated rings. The number of rotatable bonds is 1. The van der Waals surface area contributed by atoms with Gasteiger partial charge in [-0.2, -0.15) is 0 Å². The van der Waals surface area contributed by atoms with E-state index in [1.165, 1.54) is 0 Å². The molecule has 2 radical (unpaired) electrons. The second-order valence-electron chi connectivity index (χ2n) is 1.91. The third kappa shape index (κ3) is 1.74. The number of hydrogen-bond acceptors (Lipinski definition) is 1. The van der Waals surface area contributed by atoms with Gasteiger partial charge >= 0.3 is 72.8 Å². The molecule has 0 atom stereocenters. The molecule has 2 nitrogen and oxygen atoms in total. The first-order valence-electron chi connectivity index (χ1n) is 2.79. The quantitative estimate of drug-likeness (QED) is 0.667. The van der Waals surface area contributed by atoms with Gasteiger partial charge in [0.2, 0.25) is 0 Å². The Labute approximate surface area is 72.9 Å². The van der Waals surface area contributed by atoms with Gasteiger partial charge in [-0.25, -0.2) is 0 Å². The first-order valence-corrected chi connectivity index (χ1v) is 4.06. The van der Waals surface area contributed by atoms with Gasteiger partial charge in [-0.3, -0.25) is 0 Å². The Hall–Kier alpha value is -0.492. The summed E-state index contributed by atoms with van der Waals surface area (Å²) in [7, 11) is 0. The molecule has 50 valence electrons. The molecule has 1 rings (SSSR count). The van der Waals surface area contributed by atoms with E-state index in [0.717, 1.165) is 3.51 Å². The van der Waals surface area contributed by atoms with E-state index in [0.29, 0.717) is 5.56 Å². The number of nitrogens with two attached hydrogens (primary N) is 1. The van der Waals surface area contributed by atoms with Crippen molar-refractivity contribution in [3.05, 3.63) is 29.8 Å². The van der Waals surface area contributed by atoms with E-state index >= 15 is 0 Å². The van der Waals surface area contributed by atoms with Crippen molar-refractivity contribution in [3.8, 4) is 0 Å². The molecule has 0 aliphatic carbocycles. The Morgan fingerprint density at radius 1 is 1.50 bits per heavy atom. The average molecular weight is 242 g/mol. The zero-order valence-corrected chi connectivity index (χ0v) is 7.79. The minimum absolute atomic E-state index is 0.364. The summed E-state index contributed by atoms with van der Waals surface area (Å²) in [6.45, 7) is 0. The summed E-state index contributed by atoms with van der Waals surface area (Å²) in [5, 5.41) is 0. The zero-order valence-electron chi connectivity index (χ0n) is 5.24. The van der Waals surface area contributed by atoms with Gasteiger partial charge in [0.05, 0.1) is 0 Å². The summed E-state index contributed by atoms with van der Waals surface area (Å²) >= 11 is 1.58. The fraction of sp³-hybridized carbons (Fsp3) is 0. The topological polar surface area (TPSA) is 43.1 Å². The van der Waals surface area contributed by atoms with E-state index in [-0.39, 0.29) is 5.91 Å². The van der Waals surface area contributed by atoms with Gasteiger partial charge in [-0.1, -0.05) is 0 Å². The first-order chi connectivity index (χ1) is 4.70. The molecule has 0 bridgehead atoms. The van der Waals surface area contributed by atoms with Gasteiger partial charge in [-0.15, -0.1) is 0 Å². The van der Waals surface area contributed by atoms with Crippen molar-refractivity contribution in [3.63, 3.8) is 0 Å². The van der Waals surface area contributed by atoms with Crippen molar-refractivity contribution in [1.29, 1.82) is 0 Å². The van der Waals surface area contributed by atoms with Crippen LogP contribution in [0.2, 0.25) is 0 Å². The Kier molecular flexibility index (Phi) is 2.33.